The van der Waals surface area contributed by atoms with Gasteiger partial charge in [0.1, 0.15) is 0 Å². The Kier molecular flexibility index (Phi) is 6.03. The Labute approximate surface area is 238 Å². The van der Waals surface area contributed by atoms with E-state index in [1.54, 1.807) is 0 Å². The van der Waals surface area contributed by atoms with Crippen molar-refractivity contribution in [3.63, 3.8) is 0 Å². The highest BCUT2D eigenvalue weighted by Crippen LogP contribution is 2.34. The van der Waals surface area contributed by atoms with Gasteiger partial charge in [0.25, 0.3) is 0 Å². The average molecular weight is 581 g/mol. The predicted octanol–water partition coefficient (Wildman–Crippen LogP) is 6.92. The zero-order valence-electron chi connectivity index (χ0n) is 21.3. The number of hydrogen-bond donors (Lipinski definition) is 0. The van der Waals surface area contributed by atoms with E-state index < -0.39 is 8.07 Å². The van der Waals surface area contributed by atoms with Crippen molar-refractivity contribution in [2.45, 2.75) is 0 Å². The lowest BCUT2D eigenvalue weighted by Gasteiger charge is -2.34. The molecule has 0 aliphatic heterocycles. The van der Waals surface area contributed by atoms with Crippen molar-refractivity contribution < 1.29 is 0 Å². The molecule has 39 heavy (non-hydrogen) atoms. The fraction of sp³-hybridized carbons (Fsp3) is 0. The van der Waals surface area contributed by atoms with Gasteiger partial charge in [-0.2, -0.15) is 0 Å². The van der Waals surface area contributed by atoms with E-state index in [1.807, 2.05) is 0 Å². The van der Waals surface area contributed by atoms with Crippen LogP contribution in [0.3, 0.4) is 0 Å². The molecule has 1 nitrogen and oxygen atoms in total. The molecule has 0 radical (unpaired) electrons. The van der Waals surface area contributed by atoms with Crippen molar-refractivity contribution >= 4 is 66.6 Å². The standard InChI is InChI=1S/C36H26BrNSi/c37-33-21-11-13-23-36(33)38-34-22-12-10-20-31(34)32-26-30(24-25-35(32)38)39(27-14-4-1-5-15-27,28-16-6-2-7-17-28)29-18-8-3-9-19-29/h1-26H. The Morgan fingerprint density at radius 2 is 0.897 bits per heavy atom. The summed E-state index contributed by atoms with van der Waals surface area (Å²) < 4.78 is 3.47. The number of hydrogen-bond acceptors (Lipinski definition) is 0. The number of aromatic nitrogens is 1. The third-order valence-electron chi connectivity index (χ3n) is 7.82. The monoisotopic (exact) mass is 579 g/mol. The van der Waals surface area contributed by atoms with E-state index in [2.05, 4.69) is 178 Å². The maximum atomic E-state index is 3.81. The second-order valence-corrected chi connectivity index (χ2v) is 14.5. The van der Waals surface area contributed by atoms with Gasteiger partial charge in [0.05, 0.1) is 16.7 Å². The lowest BCUT2D eigenvalue weighted by molar-refractivity contribution is 1.17. The Hall–Kier alpha value is -4.18. The van der Waals surface area contributed by atoms with Crippen LogP contribution in [0.15, 0.2) is 162 Å². The first-order valence-electron chi connectivity index (χ1n) is 13.2. The molecule has 0 atom stereocenters. The average Bonchev–Trinajstić information content (AvgIpc) is 3.33. The minimum Gasteiger partial charge on any atom is -0.308 e. The predicted molar refractivity (Wildman–Crippen MR) is 172 cm³/mol. The van der Waals surface area contributed by atoms with Gasteiger partial charge in [0.15, 0.2) is 8.07 Å². The minimum absolute atomic E-state index is 1.08. The smallest absolute Gasteiger partial charge is 0.179 e. The van der Waals surface area contributed by atoms with E-state index in [-0.39, 0.29) is 0 Å². The van der Waals surface area contributed by atoms with Crippen LogP contribution in [0.4, 0.5) is 0 Å². The van der Waals surface area contributed by atoms with Crippen LogP contribution < -0.4 is 20.7 Å². The fourth-order valence-electron chi connectivity index (χ4n) is 6.16. The van der Waals surface area contributed by atoms with E-state index in [0.717, 1.165) is 10.2 Å². The Balaban J connectivity index is 1.61. The molecule has 0 unspecified atom stereocenters. The molecule has 0 fully saturated rings. The Morgan fingerprint density at radius 3 is 1.49 bits per heavy atom. The summed E-state index contributed by atoms with van der Waals surface area (Å²) in [4.78, 5) is 0. The number of halogens is 1. The van der Waals surface area contributed by atoms with E-state index >= 15 is 0 Å². The summed E-state index contributed by atoms with van der Waals surface area (Å²) in [5.41, 5.74) is 3.57. The molecular formula is C36H26BrNSi. The van der Waals surface area contributed by atoms with Gasteiger partial charge in [-0.3, -0.25) is 0 Å². The molecule has 0 N–H and O–H groups in total. The summed E-state index contributed by atoms with van der Waals surface area (Å²) in [5, 5.41) is 8.08. The highest BCUT2D eigenvalue weighted by atomic mass is 79.9. The summed E-state index contributed by atoms with van der Waals surface area (Å²) in [6, 6.07) is 57.8. The molecule has 1 aromatic heterocycles. The molecule has 0 amide bonds. The largest absolute Gasteiger partial charge is 0.308 e. The molecular weight excluding hydrogens is 554 g/mol. The van der Waals surface area contributed by atoms with Crippen molar-refractivity contribution in [3.05, 3.63) is 162 Å². The molecule has 7 aromatic rings. The summed E-state index contributed by atoms with van der Waals surface area (Å²) >= 11 is 3.81. The lowest BCUT2D eigenvalue weighted by Crippen LogP contribution is -2.74. The normalized spacial score (nSPS) is 11.7. The number of rotatable bonds is 5. The Bertz CT molecular complexity index is 1810. The van der Waals surface area contributed by atoms with Crippen LogP contribution >= 0.6 is 15.9 Å². The highest BCUT2D eigenvalue weighted by molar-refractivity contribution is 9.10. The zero-order valence-corrected chi connectivity index (χ0v) is 23.9. The summed E-state index contributed by atoms with van der Waals surface area (Å²) in [5.74, 6) is 0. The van der Waals surface area contributed by atoms with Gasteiger partial charge in [0.2, 0.25) is 0 Å². The van der Waals surface area contributed by atoms with E-state index in [1.165, 1.54) is 42.6 Å². The summed E-state index contributed by atoms with van der Waals surface area (Å²) in [6.45, 7) is 0. The highest BCUT2D eigenvalue weighted by Gasteiger charge is 2.41. The third kappa shape index (κ3) is 3.81. The van der Waals surface area contributed by atoms with Gasteiger partial charge in [-0.15, -0.1) is 0 Å². The van der Waals surface area contributed by atoms with Crippen molar-refractivity contribution in [3.8, 4) is 5.69 Å². The van der Waals surface area contributed by atoms with E-state index in [4.69, 9.17) is 0 Å². The number of fused-ring (bicyclic) bond motifs is 3. The first-order chi connectivity index (χ1) is 19.3. The van der Waals surface area contributed by atoms with Gasteiger partial charge in [-0.05, 0) is 60.9 Å². The molecule has 0 aliphatic carbocycles. The van der Waals surface area contributed by atoms with Crippen molar-refractivity contribution in [1.82, 2.24) is 4.57 Å². The zero-order chi connectivity index (χ0) is 26.2. The van der Waals surface area contributed by atoms with Crippen LogP contribution in [0.5, 0.6) is 0 Å². The molecule has 6 aromatic carbocycles. The second-order valence-electron chi connectivity index (χ2n) is 9.88. The fourth-order valence-corrected chi connectivity index (χ4v) is 11.4. The van der Waals surface area contributed by atoms with Gasteiger partial charge in [-0.25, -0.2) is 0 Å². The van der Waals surface area contributed by atoms with Gasteiger partial charge in [0, 0.05) is 15.2 Å². The lowest BCUT2D eigenvalue weighted by atomic mass is 10.1. The molecule has 0 bridgehead atoms. The summed E-state index contributed by atoms with van der Waals surface area (Å²) in [7, 11) is -2.60. The molecule has 3 heteroatoms. The number of benzene rings is 6. The maximum absolute atomic E-state index is 3.81. The van der Waals surface area contributed by atoms with E-state index in [9.17, 15) is 0 Å². The molecule has 0 spiro atoms. The molecule has 7 rings (SSSR count). The van der Waals surface area contributed by atoms with Crippen molar-refractivity contribution in [2.75, 3.05) is 0 Å². The third-order valence-corrected chi connectivity index (χ3v) is 13.3. The van der Waals surface area contributed by atoms with Gasteiger partial charge < -0.3 is 4.57 Å². The SMILES string of the molecule is Brc1ccccc1-n1c2ccccc2c2cc([Si](c3ccccc3)(c3ccccc3)c3ccccc3)ccc21. The van der Waals surface area contributed by atoms with Crippen LogP contribution in [0.2, 0.25) is 0 Å². The van der Waals surface area contributed by atoms with Crippen LogP contribution in [-0.2, 0) is 0 Å². The van der Waals surface area contributed by atoms with Crippen LogP contribution in [0.25, 0.3) is 27.5 Å². The number of nitrogens with zero attached hydrogens (tertiary/aromatic N) is 1. The first kappa shape index (κ1) is 23.9. The van der Waals surface area contributed by atoms with Crippen molar-refractivity contribution in [1.29, 1.82) is 0 Å². The van der Waals surface area contributed by atoms with Crippen LogP contribution in [-0.4, -0.2) is 12.6 Å². The van der Waals surface area contributed by atoms with Crippen LogP contribution in [0.1, 0.15) is 0 Å². The molecule has 186 valence electrons. The second kappa shape index (κ2) is 9.85. The molecule has 0 saturated heterocycles. The topological polar surface area (TPSA) is 4.93 Å². The number of para-hydroxylation sites is 2. The van der Waals surface area contributed by atoms with Gasteiger partial charge in [-0.1, -0.05) is 133 Å². The summed E-state index contributed by atoms with van der Waals surface area (Å²) in [6.07, 6.45) is 0. The first-order valence-corrected chi connectivity index (χ1v) is 16.0. The molecule has 0 saturated carbocycles. The van der Waals surface area contributed by atoms with Crippen LogP contribution in [0, 0.1) is 0 Å². The van der Waals surface area contributed by atoms with Gasteiger partial charge >= 0.3 is 0 Å². The quantitative estimate of drug-likeness (QED) is 0.154. The molecule has 0 aliphatic rings. The van der Waals surface area contributed by atoms with E-state index in [0.29, 0.717) is 0 Å². The van der Waals surface area contributed by atoms with Crippen molar-refractivity contribution in [2.24, 2.45) is 0 Å². The maximum Gasteiger partial charge on any atom is 0.179 e. The molecule has 1 heterocycles. The Morgan fingerprint density at radius 1 is 0.410 bits per heavy atom. The minimum atomic E-state index is -2.60.